The van der Waals surface area contributed by atoms with E-state index < -0.39 is 10.0 Å². The van der Waals surface area contributed by atoms with Gasteiger partial charge in [-0.05, 0) is 54.8 Å². The summed E-state index contributed by atoms with van der Waals surface area (Å²) in [5.41, 5.74) is 7.83. The molecule has 0 atom stereocenters. The van der Waals surface area contributed by atoms with Crippen LogP contribution in [-0.2, 0) is 16.4 Å². The number of nitrogens with one attached hydrogen (secondary N) is 1. The molecule has 0 aliphatic heterocycles. The molecule has 0 unspecified atom stereocenters. The molecule has 2 aromatic rings. The predicted molar refractivity (Wildman–Crippen MR) is 86.7 cm³/mol. The fourth-order valence-electron chi connectivity index (χ4n) is 1.98. The van der Waals surface area contributed by atoms with Gasteiger partial charge in [0.2, 0.25) is 0 Å². The Morgan fingerprint density at radius 3 is 2.19 bits per heavy atom. The lowest BCUT2D eigenvalue weighted by atomic mass is 10.1. The fourth-order valence-corrected chi connectivity index (χ4v) is 3.04. The highest BCUT2D eigenvalue weighted by molar-refractivity contribution is 7.92. The minimum atomic E-state index is -3.55. The predicted octanol–water partition coefficient (Wildman–Crippen LogP) is 3.41. The van der Waals surface area contributed by atoms with Gasteiger partial charge in [0.05, 0.1) is 4.90 Å². The van der Waals surface area contributed by atoms with Crippen molar-refractivity contribution in [3.8, 4) is 0 Å². The van der Waals surface area contributed by atoms with Crippen molar-refractivity contribution in [2.45, 2.75) is 31.1 Å². The lowest BCUT2D eigenvalue weighted by molar-refractivity contribution is 0.601. The smallest absolute Gasteiger partial charge is 0.261 e. The number of sulfonamides is 1. The number of benzene rings is 2. The molecule has 0 spiro atoms. The molecule has 0 aromatic heterocycles. The monoisotopic (exact) mass is 304 g/mol. The van der Waals surface area contributed by atoms with Crippen molar-refractivity contribution in [1.82, 2.24) is 0 Å². The van der Waals surface area contributed by atoms with Crippen molar-refractivity contribution in [2.24, 2.45) is 0 Å². The molecular formula is C16H20N2O2S. The molecule has 112 valence electrons. The number of nitrogen functional groups attached to an aromatic ring is 1. The third-order valence-corrected chi connectivity index (χ3v) is 4.61. The summed E-state index contributed by atoms with van der Waals surface area (Å²) < 4.78 is 27.1. The van der Waals surface area contributed by atoms with Crippen LogP contribution < -0.4 is 10.5 Å². The molecule has 2 aromatic carbocycles. The van der Waals surface area contributed by atoms with Crippen molar-refractivity contribution in [3.63, 3.8) is 0 Å². The maximum atomic E-state index is 12.3. The largest absolute Gasteiger partial charge is 0.399 e. The number of nitrogens with two attached hydrogens (primary N) is 1. The molecule has 0 bridgehead atoms. The van der Waals surface area contributed by atoms with Gasteiger partial charge >= 0.3 is 0 Å². The van der Waals surface area contributed by atoms with E-state index in [-0.39, 0.29) is 4.90 Å². The summed E-state index contributed by atoms with van der Waals surface area (Å²) in [6, 6.07) is 13.6. The SMILES string of the molecule is CCCCc1ccc(S(=O)(=O)Nc2ccc(N)cc2)cc1. The number of rotatable bonds is 6. The standard InChI is InChI=1S/C16H20N2O2S/c1-2-3-4-13-5-11-16(12-6-13)21(19,20)18-15-9-7-14(17)8-10-15/h5-12,18H,2-4,17H2,1H3. The third kappa shape index (κ3) is 4.23. The van der Waals surface area contributed by atoms with Gasteiger partial charge in [-0.3, -0.25) is 4.72 Å². The Bertz CT molecular complexity index is 677. The molecule has 3 N–H and O–H groups in total. The minimum absolute atomic E-state index is 0.263. The second-order valence-corrected chi connectivity index (χ2v) is 6.66. The fraction of sp³-hybridized carbons (Fsp3) is 0.250. The molecule has 0 saturated heterocycles. The number of anilines is 2. The van der Waals surface area contributed by atoms with Crippen LogP contribution in [0.15, 0.2) is 53.4 Å². The number of hydrogen-bond acceptors (Lipinski definition) is 3. The summed E-state index contributed by atoms with van der Waals surface area (Å²) in [4.78, 5) is 0.263. The van der Waals surface area contributed by atoms with E-state index in [0.717, 1.165) is 24.8 Å². The molecular weight excluding hydrogens is 284 g/mol. The summed E-state index contributed by atoms with van der Waals surface area (Å²) in [6.07, 6.45) is 3.21. The summed E-state index contributed by atoms with van der Waals surface area (Å²) in [7, 11) is -3.55. The summed E-state index contributed by atoms with van der Waals surface area (Å²) in [6.45, 7) is 2.13. The first kappa shape index (κ1) is 15.4. The van der Waals surface area contributed by atoms with E-state index in [0.29, 0.717) is 11.4 Å². The van der Waals surface area contributed by atoms with Crippen LogP contribution in [0, 0.1) is 0 Å². The van der Waals surface area contributed by atoms with Gasteiger partial charge in [0.25, 0.3) is 10.0 Å². The lowest BCUT2D eigenvalue weighted by Gasteiger charge is -2.09. The Morgan fingerprint density at radius 1 is 1.00 bits per heavy atom. The molecule has 21 heavy (non-hydrogen) atoms. The minimum Gasteiger partial charge on any atom is -0.399 e. The van der Waals surface area contributed by atoms with E-state index in [1.165, 1.54) is 0 Å². The number of unbranched alkanes of at least 4 members (excludes halogenated alkanes) is 1. The highest BCUT2D eigenvalue weighted by Crippen LogP contribution is 2.18. The van der Waals surface area contributed by atoms with Crippen LogP contribution in [0.3, 0.4) is 0 Å². The molecule has 0 amide bonds. The molecule has 4 nitrogen and oxygen atoms in total. The van der Waals surface area contributed by atoms with Gasteiger partial charge in [-0.25, -0.2) is 8.42 Å². The van der Waals surface area contributed by atoms with E-state index in [1.807, 2.05) is 12.1 Å². The van der Waals surface area contributed by atoms with Gasteiger partial charge in [0.15, 0.2) is 0 Å². The molecule has 2 rings (SSSR count). The van der Waals surface area contributed by atoms with E-state index in [2.05, 4.69) is 11.6 Å². The Labute approximate surface area is 126 Å². The highest BCUT2D eigenvalue weighted by Gasteiger charge is 2.13. The first-order valence-corrected chi connectivity index (χ1v) is 8.47. The van der Waals surface area contributed by atoms with Crippen molar-refractivity contribution >= 4 is 21.4 Å². The van der Waals surface area contributed by atoms with Gasteiger partial charge in [-0.2, -0.15) is 0 Å². The van der Waals surface area contributed by atoms with Crippen LogP contribution in [0.25, 0.3) is 0 Å². The molecule has 0 aliphatic carbocycles. The Balaban J connectivity index is 2.13. The van der Waals surface area contributed by atoms with E-state index in [4.69, 9.17) is 5.73 Å². The molecule has 0 aliphatic rings. The van der Waals surface area contributed by atoms with Crippen LogP contribution in [-0.4, -0.2) is 8.42 Å². The van der Waals surface area contributed by atoms with Gasteiger partial charge < -0.3 is 5.73 Å². The van der Waals surface area contributed by atoms with Crippen molar-refractivity contribution in [2.75, 3.05) is 10.5 Å². The van der Waals surface area contributed by atoms with E-state index >= 15 is 0 Å². The molecule has 0 saturated carbocycles. The Hall–Kier alpha value is -2.01. The zero-order valence-electron chi connectivity index (χ0n) is 12.0. The summed E-state index contributed by atoms with van der Waals surface area (Å²) in [5.74, 6) is 0. The van der Waals surface area contributed by atoms with Crippen LogP contribution in [0.5, 0.6) is 0 Å². The maximum Gasteiger partial charge on any atom is 0.261 e. The quantitative estimate of drug-likeness (QED) is 0.803. The average Bonchev–Trinajstić information content (AvgIpc) is 2.48. The second-order valence-electron chi connectivity index (χ2n) is 4.98. The van der Waals surface area contributed by atoms with Crippen LogP contribution in [0.2, 0.25) is 0 Å². The zero-order chi connectivity index (χ0) is 15.3. The zero-order valence-corrected chi connectivity index (χ0v) is 12.9. The Morgan fingerprint density at radius 2 is 1.62 bits per heavy atom. The maximum absolute atomic E-state index is 12.3. The van der Waals surface area contributed by atoms with Crippen molar-refractivity contribution in [3.05, 3.63) is 54.1 Å². The summed E-state index contributed by atoms with van der Waals surface area (Å²) in [5, 5.41) is 0. The first-order chi connectivity index (χ1) is 10.0. The number of aryl methyl sites for hydroxylation is 1. The molecule has 0 heterocycles. The van der Waals surface area contributed by atoms with Crippen molar-refractivity contribution in [1.29, 1.82) is 0 Å². The van der Waals surface area contributed by atoms with Crippen LogP contribution in [0.4, 0.5) is 11.4 Å². The van der Waals surface area contributed by atoms with Gasteiger partial charge in [-0.1, -0.05) is 25.5 Å². The lowest BCUT2D eigenvalue weighted by Crippen LogP contribution is -2.12. The molecule has 5 heteroatoms. The topological polar surface area (TPSA) is 72.2 Å². The molecule has 0 fully saturated rings. The van der Waals surface area contributed by atoms with E-state index in [9.17, 15) is 8.42 Å². The van der Waals surface area contributed by atoms with Gasteiger partial charge in [-0.15, -0.1) is 0 Å². The average molecular weight is 304 g/mol. The van der Waals surface area contributed by atoms with Crippen molar-refractivity contribution < 1.29 is 8.42 Å². The summed E-state index contributed by atoms with van der Waals surface area (Å²) >= 11 is 0. The number of hydrogen-bond donors (Lipinski definition) is 2. The highest BCUT2D eigenvalue weighted by atomic mass is 32.2. The van der Waals surface area contributed by atoms with Gasteiger partial charge in [0.1, 0.15) is 0 Å². The van der Waals surface area contributed by atoms with Crippen LogP contribution >= 0.6 is 0 Å². The second kappa shape index (κ2) is 6.63. The Kier molecular flexibility index (Phi) is 4.85. The normalized spacial score (nSPS) is 11.3. The third-order valence-electron chi connectivity index (χ3n) is 3.22. The molecule has 0 radical (unpaired) electrons. The van der Waals surface area contributed by atoms with E-state index in [1.54, 1.807) is 36.4 Å². The van der Waals surface area contributed by atoms with Gasteiger partial charge in [0, 0.05) is 11.4 Å². The van der Waals surface area contributed by atoms with Crippen LogP contribution in [0.1, 0.15) is 25.3 Å². The first-order valence-electron chi connectivity index (χ1n) is 6.98.